The van der Waals surface area contributed by atoms with Gasteiger partial charge < -0.3 is 15.0 Å². The molecule has 0 heterocycles. The van der Waals surface area contributed by atoms with Crippen LogP contribution in [0.2, 0.25) is 0 Å². The number of benzene rings is 3. The molecule has 0 aliphatic heterocycles. The van der Waals surface area contributed by atoms with Crippen molar-refractivity contribution >= 4 is 23.0 Å². The molecule has 0 unspecified atom stereocenters. The van der Waals surface area contributed by atoms with E-state index in [1.807, 2.05) is 55.5 Å². The fraction of sp³-hybridized carbons (Fsp3) is 0.160. The molecule has 0 atom stereocenters. The van der Waals surface area contributed by atoms with E-state index < -0.39 is 0 Å². The smallest absolute Gasteiger partial charge is 0.174 e. The van der Waals surface area contributed by atoms with Gasteiger partial charge in [-0.2, -0.15) is 0 Å². The number of para-hydroxylation sites is 1. The number of hydrogen-bond acceptors (Lipinski definition) is 2. The van der Waals surface area contributed by atoms with E-state index in [1.54, 1.807) is 0 Å². The summed E-state index contributed by atoms with van der Waals surface area (Å²) >= 11 is 5.65. The van der Waals surface area contributed by atoms with Crippen LogP contribution in [0.25, 0.3) is 0 Å². The van der Waals surface area contributed by atoms with Crippen molar-refractivity contribution in [1.29, 1.82) is 0 Å². The van der Waals surface area contributed by atoms with Crippen LogP contribution in [0.4, 0.5) is 5.69 Å². The van der Waals surface area contributed by atoms with Crippen molar-refractivity contribution in [3.8, 4) is 5.75 Å². The minimum absolute atomic E-state index is 0.561. The van der Waals surface area contributed by atoms with E-state index in [2.05, 4.69) is 53.2 Å². The summed E-state index contributed by atoms with van der Waals surface area (Å²) in [5.74, 6) is 0.854. The Morgan fingerprint density at radius 1 is 0.897 bits per heavy atom. The third-order valence-electron chi connectivity index (χ3n) is 4.37. The van der Waals surface area contributed by atoms with Crippen molar-refractivity contribution in [2.75, 3.05) is 11.4 Å². The molecule has 3 aromatic rings. The van der Waals surface area contributed by atoms with E-state index in [1.165, 1.54) is 0 Å². The summed E-state index contributed by atoms with van der Waals surface area (Å²) in [6.45, 7) is 7.81. The van der Waals surface area contributed by atoms with E-state index in [-0.39, 0.29) is 0 Å². The fourth-order valence-electron chi connectivity index (χ4n) is 2.82. The maximum atomic E-state index is 5.89. The van der Waals surface area contributed by atoms with Crippen molar-refractivity contribution in [3.05, 3.63) is 108 Å². The molecule has 0 amide bonds. The molecule has 0 bridgehead atoms. The Morgan fingerprint density at radius 2 is 1.52 bits per heavy atom. The molecule has 0 spiro atoms. The second-order valence-electron chi connectivity index (χ2n) is 6.96. The summed E-state index contributed by atoms with van der Waals surface area (Å²) < 4.78 is 5.89. The molecule has 148 valence electrons. The summed E-state index contributed by atoms with van der Waals surface area (Å²) in [7, 11) is 0. The van der Waals surface area contributed by atoms with Gasteiger partial charge in [-0.15, -0.1) is 0 Å². The van der Waals surface area contributed by atoms with Crippen molar-refractivity contribution in [2.45, 2.75) is 20.1 Å². The van der Waals surface area contributed by atoms with Crippen LogP contribution >= 0.6 is 12.2 Å². The van der Waals surface area contributed by atoms with Gasteiger partial charge in [0.2, 0.25) is 0 Å². The molecule has 0 aliphatic carbocycles. The summed E-state index contributed by atoms with van der Waals surface area (Å²) in [5.41, 5.74) is 4.40. The molecule has 3 rings (SSSR count). The monoisotopic (exact) mass is 402 g/mol. The molecule has 0 aromatic heterocycles. The molecule has 0 radical (unpaired) electrons. The Balaban J connectivity index is 1.67. The van der Waals surface area contributed by atoms with Gasteiger partial charge in [0.25, 0.3) is 0 Å². The Kier molecular flexibility index (Phi) is 7.42. The third-order valence-corrected chi connectivity index (χ3v) is 4.73. The Hall–Kier alpha value is -3.11. The number of hydrogen-bond donors (Lipinski definition) is 1. The van der Waals surface area contributed by atoms with Crippen molar-refractivity contribution < 1.29 is 4.74 Å². The second kappa shape index (κ2) is 10.4. The molecule has 3 nitrogen and oxygen atoms in total. The van der Waals surface area contributed by atoms with Crippen LogP contribution < -0.4 is 15.0 Å². The van der Waals surface area contributed by atoms with Crippen molar-refractivity contribution in [1.82, 2.24) is 5.32 Å². The predicted molar refractivity (Wildman–Crippen MR) is 125 cm³/mol. The zero-order valence-corrected chi connectivity index (χ0v) is 17.5. The average molecular weight is 403 g/mol. The quantitative estimate of drug-likeness (QED) is 0.384. The molecule has 4 heteroatoms. The first-order chi connectivity index (χ1) is 14.1. The average Bonchev–Trinajstić information content (AvgIpc) is 2.76. The summed E-state index contributed by atoms with van der Waals surface area (Å²) in [5, 5.41) is 3.97. The van der Waals surface area contributed by atoms with Crippen LogP contribution in [0.5, 0.6) is 5.75 Å². The van der Waals surface area contributed by atoms with Crippen LogP contribution in [-0.4, -0.2) is 11.7 Å². The molecule has 3 aromatic carbocycles. The van der Waals surface area contributed by atoms with Crippen LogP contribution in [0, 0.1) is 0 Å². The first-order valence-electron chi connectivity index (χ1n) is 9.62. The maximum Gasteiger partial charge on any atom is 0.174 e. The molecular formula is C25H26N2OS. The van der Waals surface area contributed by atoms with Gasteiger partial charge >= 0.3 is 0 Å². The largest absolute Gasteiger partial charge is 0.489 e. The Bertz CT molecular complexity index is 924. The number of nitrogens with one attached hydrogen (secondary N) is 1. The molecule has 29 heavy (non-hydrogen) atoms. The highest BCUT2D eigenvalue weighted by molar-refractivity contribution is 7.80. The lowest BCUT2D eigenvalue weighted by atomic mass is 10.2. The second-order valence-corrected chi connectivity index (χ2v) is 7.34. The first kappa shape index (κ1) is 20.6. The number of anilines is 1. The van der Waals surface area contributed by atoms with E-state index in [4.69, 9.17) is 17.0 Å². The maximum absolute atomic E-state index is 5.89. The van der Waals surface area contributed by atoms with E-state index in [0.29, 0.717) is 24.8 Å². The molecule has 0 saturated carbocycles. The van der Waals surface area contributed by atoms with Gasteiger partial charge in [-0.05, 0) is 54.5 Å². The lowest BCUT2D eigenvalue weighted by Crippen LogP contribution is -2.40. The lowest BCUT2D eigenvalue weighted by Gasteiger charge is -2.26. The molecule has 0 fully saturated rings. The summed E-state index contributed by atoms with van der Waals surface area (Å²) in [4.78, 5) is 2.10. The van der Waals surface area contributed by atoms with E-state index >= 15 is 0 Å². The van der Waals surface area contributed by atoms with E-state index in [9.17, 15) is 0 Å². The van der Waals surface area contributed by atoms with Crippen molar-refractivity contribution in [3.63, 3.8) is 0 Å². The topological polar surface area (TPSA) is 24.5 Å². The third kappa shape index (κ3) is 6.47. The minimum Gasteiger partial charge on any atom is -0.489 e. The molecule has 1 N–H and O–H groups in total. The van der Waals surface area contributed by atoms with Gasteiger partial charge in [0, 0.05) is 12.2 Å². The van der Waals surface area contributed by atoms with Gasteiger partial charge in [-0.3, -0.25) is 0 Å². The highest BCUT2D eigenvalue weighted by Gasteiger charge is 2.12. The highest BCUT2D eigenvalue weighted by atomic mass is 32.1. The summed E-state index contributed by atoms with van der Waals surface area (Å²) in [6.07, 6.45) is 0. The standard InChI is InChI=1S/C25H26N2OS/c1-20(2)17-26-25(29)27(23-11-7-4-8-12-23)18-21-13-15-24(16-14-21)28-19-22-9-5-3-6-10-22/h3-16H,1,17-19H2,2H3,(H,26,29). The predicted octanol–water partition coefficient (Wildman–Crippen LogP) is 5.72. The van der Waals surface area contributed by atoms with Gasteiger partial charge in [-0.25, -0.2) is 0 Å². The zero-order valence-electron chi connectivity index (χ0n) is 16.7. The van der Waals surface area contributed by atoms with Gasteiger partial charge in [0.15, 0.2) is 5.11 Å². The van der Waals surface area contributed by atoms with Crippen molar-refractivity contribution in [2.24, 2.45) is 0 Å². The number of thiocarbonyl (C=S) groups is 1. The molecule has 0 saturated heterocycles. The Morgan fingerprint density at radius 3 is 2.14 bits per heavy atom. The zero-order chi connectivity index (χ0) is 20.5. The number of rotatable bonds is 8. The Labute approximate surface area is 178 Å². The van der Waals surface area contributed by atoms with Crippen LogP contribution in [-0.2, 0) is 13.2 Å². The SMILES string of the molecule is C=C(C)CNC(=S)N(Cc1ccc(OCc2ccccc2)cc1)c1ccccc1. The normalized spacial score (nSPS) is 10.2. The van der Waals surface area contributed by atoms with Gasteiger partial charge in [0.1, 0.15) is 12.4 Å². The van der Waals surface area contributed by atoms with Crippen LogP contribution in [0.1, 0.15) is 18.1 Å². The number of nitrogens with zero attached hydrogens (tertiary/aromatic N) is 1. The van der Waals surface area contributed by atoms with Gasteiger partial charge in [-0.1, -0.05) is 72.8 Å². The van der Waals surface area contributed by atoms with E-state index in [0.717, 1.165) is 28.1 Å². The molecular weight excluding hydrogens is 376 g/mol. The first-order valence-corrected chi connectivity index (χ1v) is 10.0. The van der Waals surface area contributed by atoms with Crippen LogP contribution in [0.3, 0.4) is 0 Å². The van der Waals surface area contributed by atoms with Crippen LogP contribution in [0.15, 0.2) is 97.1 Å². The summed E-state index contributed by atoms with van der Waals surface area (Å²) in [6, 6.07) is 28.5. The lowest BCUT2D eigenvalue weighted by molar-refractivity contribution is 0.306. The highest BCUT2D eigenvalue weighted by Crippen LogP contribution is 2.20. The molecule has 0 aliphatic rings. The minimum atomic E-state index is 0.561. The fourth-order valence-corrected chi connectivity index (χ4v) is 3.07. The number of ether oxygens (including phenoxy) is 1. The van der Waals surface area contributed by atoms with Gasteiger partial charge in [0.05, 0.1) is 6.54 Å².